The summed E-state index contributed by atoms with van der Waals surface area (Å²) in [5, 5.41) is 1.05. The fourth-order valence-corrected chi connectivity index (χ4v) is 3.33. The van der Waals surface area contributed by atoms with Crippen molar-refractivity contribution in [2.45, 2.75) is 6.92 Å². The van der Waals surface area contributed by atoms with Crippen LogP contribution in [0.4, 0.5) is 5.69 Å². The van der Waals surface area contributed by atoms with E-state index >= 15 is 0 Å². The van der Waals surface area contributed by atoms with Crippen LogP contribution in [0.15, 0.2) is 24.3 Å². The van der Waals surface area contributed by atoms with E-state index in [1.54, 1.807) is 0 Å². The van der Waals surface area contributed by atoms with Gasteiger partial charge in [0.05, 0.1) is 0 Å². The van der Waals surface area contributed by atoms with Gasteiger partial charge in [-0.1, -0.05) is 0 Å². The van der Waals surface area contributed by atoms with Crippen molar-refractivity contribution in [1.29, 1.82) is 0 Å². The number of rotatable bonds is 2. The maximum absolute atomic E-state index is 11.5. The molecule has 0 atom stereocenters. The molecule has 0 bridgehead atoms. The minimum atomic E-state index is -0.202. The van der Waals surface area contributed by atoms with Crippen LogP contribution in [0.2, 0.25) is 0 Å². The van der Waals surface area contributed by atoms with E-state index in [9.17, 15) is 4.79 Å². The molecule has 0 saturated heterocycles. The zero-order valence-corrected chi connectivity index (χ0v) is 10.0. The predicted octanol–water partition coefficient (Wildman–Crippen LogP) is 1.66. The molecular formula is C11H11NO2Se. The van der Waals surface area contributed by atoms with Crippen LogP contribution in [-0.2, 0) is 4.74 Å². The third kappa shape index (κ3) is 2.06. The van der Waals surface area contributed by atoms with E-state index in [-0.39, 0.29) is 20.5 Å². The van der Waals surface area contributed by atoms with Crippen LogP contribution in [-0.4, -0.2) is 27.1 Å². The van der Waals surface area contributed by atoms with Crippen molar-refractivity contribution in [3.8, 4) is 0 Å². The summed E-state index contributed by atoms with van der Waals surface area (Å²) in [4.78, 5) is 11.5. The summed E-state index contributed by atoms with van der Waals surface area (Å²) in [6, 6.07) is 7.61. The van der Waals surface area contributed by atoms with Crippen LogP contribution in [0.3, 0.4) is 0 Å². The number of fused-ring (bicyclic) bond motifs is 1. The molecule has 4 heteroatoms. The molecule has 15 heavy (non-hydrogen) atoms. The Morgan fingerprint density at radius 2 is 2.27 bits per heavy atom. The molecule has 0 aliphatic rings. The standard InChI is InChI=1S/C11H11NO2Se/c1-2-14-11(13)10-6-7-5-8(12)3-4-9(7)15-10/h3-6H,2,12H2,1H3. The fraction of sp³-hybridized carbons (Fsp3) is 0.182. The van der Waals surface area contributed by atoms with Crippen LogP contribution in [0.1, 0.15) is 16.2 Å². The number of carbonyl (C=O) groups excluding carboxylic acids is 1. The number of hydrogen-bond donors (Lipinski definition) is 1. The second-order valence-electron chi connectivity index (χ2n) is 3.13. The molecule has 1 aromatic carbocycles. The van der Waals surface area contributed by atoms with Crippen LogP contribution < -0.4 is 5.73 Å². The molecule has 3 nitrogen and oxygen atoms in total. The van der Waals surface area contributed by atoms with Gasteiger partial charge in [-0.2, -0.15) is 0 Å². The SMILES string of the molecule is CCOC(=O)c1cc2cc(N)ccc2[se]1. The topological polar surface area (TPSA) is 52.3 Å². The van der Waals surface area contributed by atoms with E-state index in [1.165, 1.54) is 4.26 Å². The van der Waals surface area contributed by atoms with Crippen molar-refractivity contribution in [1.82, 2.24) is 0 Å². The van der Waals surface area contributed by atoms with Crippen molar-refractivity contribution < 1.29 is 9.53 Å². The molecule has 0 amide bonds. The van der Waals surface area contributed by atoms with Gasteiger partial charge in [0.1, 0.15) is 0 Å². The van der Waals surface area contributed by atoms with E-state index < -0.39 is 0 Å². The normalized spacial score (nSPS) is 10.5. The summed E-state index contributed by atoms with van der Waals surface area (Å²) in [6.45, 7) is 2.23. The first-order valence-corrected chi connectivity index (χ1v) is 6.38. The Morgan fingerprint density at radius 3 is 3.00 bits per heavy atom. The number of nitrogen functional groups attached to an aromatic ring is 1. The second kappa shape index (κ2) is 4.09. The first kappa shape index (κ1) is 10.3. The fourth-order valence-electron chi connectivity index (χ4n) is 1.36. The Morgan fingerprint density at radius 1 is 1.47 bits per heavy atom. The third-order valence-corrected chi connectivity index (χ3v) is 4.32. The summed E-state index contributed by atoms with van der Waals surface area (Å²) in [5.74, 6) is -0.202. The summed E-state index contributed by atoms with van der Waals surface area (Å²) in [5.41, 5.74) is 6.40. The van der Waals surface area contributed by atoms with Gasteiger partial charge < -0.3 is 0 Å². The number of anilines is 1. The molecule has 2 N–H and O–H groups in total. The van der Waals surface area contributed by atoms with Crippen molar-refractivity contribution in [2.75, 3.05) is 12.3 Å². The molecule has 78 valence electrons. The quantitative estimate of drug-likeness (QED) is 0.512. The molecule has 1 heterocycles. The number of carbonyl (C=O) groups is 1. The first-order chi connectivity index (χ1) is 7.20. The van der Waals surface area contributed by atoms with E-state index in [0.717, 1.165) is 15.5 Å². The molecule has 0 saturated carbocycles. The van der Waals surface area contributed by atoms with Gasteiger partial charge in [0.25, 0.3) is 0 Å². The van der Waals surface area contributed by atoms with E-state index in [4.69, 9.17) is 10.5 Å². The number of benzene rings is 1. The van der Waals surface area contributed by atoms with Crippen molar-refractivity contribution in [2.24, 2.45) is 0 Å². The summed E-state index contributed by atoms with van der Waals surface area (Å²) < 4.78 is 6.93. The van der Waals surface area contributed by atoms with Crippen LogP contribution in [0.5, 0.6) is 0 Å². The Hall–Kier alpha value is -1.25. The number of ether oxygens (including phenoxy) is 1. The van der Waals surface area contributed by atoms with Crippen molar-refractivity contribution in [3.05, 3.63) is 28.7 Å². The Kier molecular flexibility index (Phi) is 2.80. The minimum absolute atomic E-state index is 0.0648. The van der Waals surface area contributed by atoms with Gasteiger partial charge >= 0.3 is 93.3 Å². The maximum atomic E-state index is 11.5. The molecule has 0 fully saturated rings. The molecule has 0 spiro atoms. The Labute approximate surface area is 93.6 Å². The van der Waals surface area contributed by atoms with E-state index in [0.29, 0.717) is 6.61 Å². The van der Waals surface area contributed by atoms with Gasteiger partial charge in [0.2, 0.25) is 0 Å². The van der Waals surface area contributed by atoms with Crippen molar-refractivity contribution >= 4 is 35.8 Å². The average Bonchev–Trinajstić information content (AvgIpc) is 2.60. The summed E-state index contributed by atoms with van der Waals surface area (Å²) in [7, 11) is 0. The molecule has 0 aliphatic heterocycles. The van der Waals surface area contributed by atoms with Crippen LogP contribution in [0.25, 0.3) is 9.65 Å². The van der Waals surface area contributed by atoms with Crippen LogP contribution in [0, 0.1) is 0 Å². The van der Waals surface area contributed by atoms with Crippen LogP contribution >= 0.6 is 0 Å². The van der Waals surface area contributed by atoms with E-state index in [1.807, 2.05) is 31.2 Å². The van der Waals surface area contributed by atoms with Gasteiger partial charge in [0.15, 0.2) is 0 Å². The zero-order valence-electron chi connectivity index (χ0n) is 8.32. The number of hydrogen-bond acceptors (Lipinski definition) is 3. The Bertz CT molecular complexity index is 504. The van der Waals surface area contributed by atoms with Gasteiger partial charge in [-0.3, -0.25) is 0 Å². The molecule has 0 radical (unpaired) electrons. The molecule has 2 rings (SSSR count). The molecule has 0 unspecified atom stereocenters. The van der Waals surface area contributed by atoms with Gasteiger partial charge in [-0.15, -0.1) is 0 Å². The second-order valence-corrected chi connectivity index (χ2v) is 5.40. The predicted molar refractivity (Wildman–Crippen MR) is 61.3 cm³/mol. The molecule has 0 aliphatic carbocycles. The summed E-state index contributed by atoms with van der Waals surface area (Å²) >= 11 is 0.0648. The van der Waals surface area contributed by atoms with Gasteiger partial charge in [-0.05, 0) is 0 Å². The molecule has 2 aromatic rings. The monoisotopic (exact) mass is 269 g/mol. The molecular weight excluding hydrogens is 257 g/mol. The van der Waals surface area contributed by atoms with E-state index in [2.05, 4.69) is 0 Å². The number of esters is 1. The Balaban J connectivity index is 2.42. The van der Waals surface area contributed by atoms with Gasteiger partial charge in [-0.25, -0.2) is 0 Å². The molecule has 1 aromatic heterocycles. The first-order valence-electron chi connectivity index (χ1n) is 4.67. The average molecular weight is 268 g/mol. The third-order valence-electron chi connectivity index (χ3n) is 2.02. The van der Waals surface area contributed by atoms with Gasteiger partial charge in [0, 0.05) is 0 Å². The summed E-state index contributed by atoms with van der Waals surface area (Å²) in [6.07, 6.45) is 0. The van der Waals surface area contributed by atoms with Crippen molar-refractivity contribution in [3.63, 3.8) is 0 Å². The zero-order chi connectivity index (χ0) is 10.8. The number of nitrogens with two attached hydrogens (primary N) is 1.